The van der Waals surface area contributed by atoms with Gasteiger partial charge in [-0.3, -0.25) is 5.10 Å². The minimum absolute atomic E-state index is 0.146. The van der Waals surface area contributed by atoms with E-state index in [-0.39, 0.29) is 5.03 Å². The maximum absolute atomic E-state index is 12.3. The Labute approximate surface area is 114 Å². The lowest BCUT2D eigenvalue weighted by molar-refractivity contribution is 0.138. The SMILES string of the molecule is CCNCc1cn[nH]c1S(=O)(=O)N(C)CCOCC. The van der Waals surface area contributed by atoms with Gasteiger partial charge in [0.25, 0.3) is 10.0 Å². The van der Waals surface area contributed by atoms with Crippen molar-refractivity contribution in [1.29, 1.82) is 0 Å². The predicted molar refractivity (Wildman–Crippen MR) is 72.3 cm³/mol. The average Bonchev–Trinajstić information content (AvgIpc) is 2.85. The van der Waals surface area contributed by atoms with E-state index in [2.05, 4.69) is 15.5 Å². The van der Waals surface area contributed by atoms with Gasteiger partial charge in [-0.2, -0.15) is 9.40 Å². The van der Waals surface area contributed by atoms with Crippen LogP contribution in [-0.4, -0.2) is 56.3 Å². The van der Waals surface area contributed by atoms with E-state index in [1.807, 2.05) is 13.8 Å². The van der Waals surface area contributed by atoms with Crippen molar-refractivity contribution >= 4 is 10.0 Å². The van der Waals surface area contributed by atoms with Gasteiger partial charge in [-0.15, -0.1) is 0 Å². The van der Waals surface area contributed by atoms with Crippen LogP contribution in [0.1, 0.15) is 19.4 Å². The van der Waals surface area contributed by atoms with Crippen LogP contribution in [0.4, 0.5) is 0 Å². The lowest BCUT2D eigenvalue weighted by Crippen LogP contribution is -2.31. The summed E-state index contributed by atoms with van der Waals surface area (Å²) < 4.78 is 31.1. The van der Waals surface area contributed by atoms with E-state index in [9.17, 15) is 8.42 Å². The zero-order valence-corrected chi connectivity index (χ0v) is 12.5. The van der Waals surface area contributed by atoms with Crippen molar-refractivity contribution in [1.82, 2.24) is 19.8 Å². The van der Waals surface area contributed by atoms with Crippen LogP contribution in [0.15, 0.2) is 11.2 Å². The molecule has 0 saturated carbocycles. The molecule has 1 aromatic rings. The van der Waals surface area contributed by atoms with Crippen LogP contribution in [0, 0.1) is 0 Å². The van der Waals surface area contributed by atoms with E-state index in [0.717, 1.165) is 6.54 Å². The molecule has 0 aliphatic heterocycles. The molecule has 0 unspecified atom stereocenters. The van der Waals surface area contributed by atoms with Gasteiger partial charge in [0.1, 0.15) is 0 Å². The van der Waals surface area contributed by atoms with Gasteiger partial charge in [-0.25, -0.2) is 8.42 Å². The predicted octanol–water partition coefficient (Wildman–Crippen LogP) is 0.176. The Kier molecular flexibility index (Phi) is 6.43. The first-order valence-corrected chi connectivity index (χ1v) is 7.75. The van der Waals surface area contributed by atoms with Crippen LogP contribution in [0.2, 0.25) is 0 Å². The van der Waals surface area contributed by atoms with Crippen LogP contribution in [-0.2, 0) is 21.3 Å². The molecule has 7 nitrogen and oxygen atoms in total. The van der Waals surface area contributed by atoms with Crippen LogP contribution < -0.4 is 5.32 Å². The Morgan fingerprint density at radius 2 is 2.21 bits per heavy atom. The minimum Gasteiger partial charge on any atom is -0.380 e. The number of nitrogens with one attached hydrogen (secondary N) is 2. The monoisotopic (exact) mass is 290 g/mol. The van der Waals surface area contributed by atoms with E-state index in [4.69, 9.17) is 4.74 Å². The zero-order chi connectivity index (χ0) is 14.3. The summed E-state index contributed by atoms with van der Waals surface area (Å²) in [5, 5.41) is 9.62. The maximum atomic E-state index is 12.3. The molecular formula is C11H22N4O3S. The second-order valence-corrected chi connectivity index (χ2v) is 6.01. The molecule has 1 heterocycles. The molecule has 0 atom stereocenters. The molecule has 19 heavy (non-hydrogen) atoms. The van der Waals surface area contributed by atoms with Crippen molar-refractivity contribution in [2.75, 3.05) is 33.4 Å². The normalized spacial score (nSPS) is 12.2. The third kappa shape index (κ3) is 4.27. The number of hydrogen-bond acceptors (Lipinski definition) is 5. The van der Waals surface area contributed by atoms with Crippen molar-refractivity contribution in [3.8, 4) is 0 Å². The number of aromatic nitrogens is 2. The largest absolute Gasteiger partial charge is 0.380 e. The highest BCUT2D eigenvalue weighted by molar-refractivity contribution is 7.89. The molecule has 0 bridgehead atoms. The molecule has 0 amide bonds. The Hall–Kier alpha value is -0.960. The van der Waals surface area contributed by atoms with Crippen molar-refractivity contribution < 1.29 is 13.2 Å². The molecule has 1 rings (SSSR count). The lowest BCUT2D eigenvalue weighted by atomic mass is 10.3. The summed E-state index contributed by atoms with van der Waals surface area (Å²) in [5.74, 6) is 0. The smallest absolute Gasteiger partial charge is 0.260 e. The van der Waals surface area contributed by atoms with Gasteiger partial charge in [0, 0.05) is 32.3 Å². The van der Waals surface area contributed by atoms with E-state index in [1.54, 1.807) is 0 Å². The Bertz CT molecular complexity index is 472. The van der Waals surface area contributed by atoms with Gasteiger partial charge >= 0.3 is 0 Å². The average molecular weight is 290 g/mol. The number of sulfonamides is 1. The molecule has 0 aliphatic rings. The third-order valence-electron chi connectivity index (χ3n) is 2.67. The molecule has 1 aromatic heterocycles. The van der Waals surface area contributed by atoms with Crippen LogP contribution in [0.5, 0.6) is 0 Å². The first-order chi connectivity index (χ1) is 9.04. The first-order valence-electron chi connectivity index (χ1n) is 6.31. The molecular weight excluding hydrogens is 268 g/mol. The number of rotatable bonds is 9. The number of ether oxygens (including phenoxy) is 1. The molecule has 0 saturated heterocycles. The van der Waals surface area contributed by atoms with Crippen molar-refractivity contribution in [2.45, 2.75) is 25.4 Å². The fourth-order valence-corrected chi connectivity index (χ4v) is 2.77. The van der Waals surface area contributed by atoms with Crippen LogP contribution >= 0.6 is 0 Å². The molecule has 0 aromatic carbocycles. The number of aromatic amines is 1. The Balaban J connectivity index is 2.78. The highest BCUT2D eigenvalue weighted by Crippen LogP contribution is 2.16. The van der Waals surface area contributed by atoms with E-state index < -0.39 is 10.0 Å². The second kappa shape index (κ2) is 7.59. The summed E-state index contributed by atoms with van der Waals surface area (Å²) in [6.07, 6.45) is 1.53. The summed E-state index contributed by atoms with van der Waals surface area (Å²) in [6.45, 7) is 6.34. The van der Waals surface area contributed by atoms with Crippen molar-refractivity contribution in [2.24, 2.45) is 0 Å². The van der Waals surface area contributed by atoms with E-state index in [0.29, 0.717) is 31.9 Å². The molecule has 8 heteroatoms. The maximum Gasteiger partial charge on any atom is 0.260 e. The Morgan fingerprint density at radius 3 is 2.84 bits per heavy atom. The molecule has 0 radical (unpaired) electrons. The van der Waals surface area contributed by atoms with E-state index >= 15 is 0 Å². The summed E-state index contributed by atoms with van der Waals surface area (Å²) in [4.78, 5) is 0. The molecule has 2 N–H and O–H groups in total. The molecule has 0 spiro atoms. The number of nitrogens with zero attached hydrogens (tertiary/aromatic N) is 2. The van der Waals surface area contributed by atoms with Gasteiger partial charge in [0.2, 0.25) is 0 Å². The standard InChI is InChI=1S/C11H22N4O3S/c1-4-12-8-10-9-13-14-11(10)19(16,17)15(3)6-7-18-5-2/h9,12H,4-8H2,1-3H3,(H,13,14). The van der Waals surface area contributed by atoms with Crippen molar-refractivity contribution in [3.05, 3.63) is 11.8 Å². The summed E-state index contributed by atoms with van der Waals surface area (Å²) >= 11 is 0. The fraction of sp³-hybridized carbons (Fsp3) is 0.727. The highest BCUT2D eigenvalue weighted by atomic mass is 32.2. The minimum atomic E-state index is -3.54. The van der Waals surface area contributed by atoms with Crippen molar-refractivity contribution in [3.63, 3.8) is 0 Å². The summed E-state index contributed by atoms with van der Waals surface area (Å²) in [6, 6.07) is 0. The van der Waals surface area contributed by atoms with Gasteiger partial charge in [-0.1, -0.05) is 6.92 Å². The second-order valence-electron chi connectivity index (χ2n) is 4.03. The van der Waals surface area contributed by atoms with Crippen LogP contribution in [0.25, 0.3) is 0 Å². The van der Waals surface area contributed by atoms with Gasteiger partial charge in [0.05, 0.1) is 12.8 Å². The van der Waals surface area contributed by atoms with Gasteiger partial charge < -0.3 is 10.1 Å². The number of hydrogen-bond donors (Lipinski definition) is 2. The number of H-pyrrole nitrogens is 1. The Morgan fingerprint density at radius 1 is 1.47 bits per heavy atom. The van der Waals surface area contributed by atoms with Gasteiger partial charge in [-0.05, 0) is 13.5 Å². The fourth-order valence-electron chi connectivity index (χ4n) is 1.52. The quantitative estimate of drug-likeness (QED) is 0.633. The molecule has 0 fully saturated rings. The molecule has 0 aliphatic carbocycles. The topological polar surface area (TPSA) is 87.3 Å². The van der Waals surface area contributed by atoms with E-state index in [1.165, 1.54) is 17.5 Å². The summed E-state index contributed by atoms with van der Waals surface area (Å²) in [5.41, 5.74) is 0.644. The third-order valence-corrected chi connectivity index (χ3v) is 4.54. The summed E-state index contributed by atoms with van der Waals surface area (Å²) in [7, 11) is -2.01. The lowest BCUT2D eigenvalue weighted by Gasteiger charge is -2.16. The van der Waals surface area contributed by atoms with Crippen LogP contribution in [0.3, 0.4) is 0 Å². The first kappa shape index (κ1) is 16.1. The number of likely N-dealkylation sites (N-methyl/N-ethyl adjacent to an activating group) is 1. The zero-order valence-electron chi connectivity index (χ0n) is 11.6. The highest BCUT2D eigenvalue weighted by Gasteiger charge is 2.25. The van der Waals surface area contributed by atoms with Gasteiger partial charge in [0.15, 0.2) is 5.03 Å². The molecule has 110 valence electrons.